The van der Waals surface area contributed by atoms with Gasteiger partial charge in [-0.15, -0.1) is 0 Å². The van der Waals surface area contributed by atoms with Crippen molar-refractivity contribution in [3.8, 4) is 0 Å². The minimum absolute atomic E-state index is 0.0332. The van der Waals surface area contributed by atoms with Gasteiger partial charge in [0, 0.05) is 46.7 Å². The van der Waals surface area contributed by atoms with E-state index in [1.165, 1.54) is 0 Å². The van der Waals surface area contributed by atoms with Gasteiger partial charge in [-0.05, 0) is 35.9 Å². The number of para-hydroxylation sites is 2. The highest BCUT2D eigenvalue weighted by Gasteiger charge is 2.15. The molecule has 5 rings (SSSR count). The first-order valence-corrected chi connectivity index (χ1v) is 8.44. The first-order valence-electron chi connectivity index (χ1n) is 8.44. The van der Waals surface area contributed by atoms with Gasteiger partial charge in [0.15, 0.2) is 10.9 Å². The zero-order valence-electron chi connectivity index (χ0n) is 13.8. The molecule has 0 atom stereocenters. The lowest BCUT2D eigenvalue weighted by atomic mass is 10.0. The van der Waals surface area contributed by atoms with Gasteiger partial charge in [0.1, 0.15) is 0 Å². The third kappa shape index (κ3) is 2.05. The predicted molar refractivity (Wildman–Crippen MR) is 103 cm³/mol. The Hall–Kier alpha value is -3.53. The highest BCUT2D eigenvalue weighted by atomic mass is 16.1. The topological polar surface area (TPSA) is 51.4 Å². The average Bonchev–Trinajstić information content (AvgIpc) is 2.69. The summed E-state index contributed by atoms with van der Waals surface area (Å²) >= 11 is 0. The summed E-state index contributed by atoms with van der Waals surface area (Å²) in [5.41, 5.74) is 3.10. The van der Waals surface area contributed by atoms with E-state index in [1.807, 2.05) is 47.0 Å². The van der Waals surface area contributed by atoms with Crippen LogP contribution in [-0.2, 0) is 6.42 Å². The molecule has 0 N–H and O–H groups in total. The number of hydrogen-bond donors (Lipinski definition) is 0. The molecular weight excluding hydrogens is 324 g/mol. The molecule has 5 aromatic rings. The molecule has 26 heavy (non-hydrogen) atoms. The van der Waals surface area contributed by atoms with Crippen LogP contribution < -0.4 is 10.9 Å². The maximum absolute atomic E-state index is 13.1. The molecule has 0 saturated heterocycles. The predicted octanol–water partition coefficient (Wildman–Crippen LogP) is 3.39. The van der Waals surface area contributed by atoms with Crippen molar-refractivity contribution in [1.82, 2.24) is 9.38 Å². The standard InChI is InChI=1S/C22H14N2O2/c25-21-15(11-14-5-4-10-23-12-14)13-24-19-9-2-1-6-16(19)22(26)18-8-3-7-17(21)20(18)24/h1-10,12-13H,11H2. The molecule has 124 valence electrons. The van der Waals surface area contributed by atoms with Gasteiger partial charge in [0.25, 0.3) is 0 Å². The maximum atomic E-state index is 13.1. The van der Waals surface area contributed by atoms with E-state index in [4.69, 9.17) is 0 Å². The molecule has 3 heterocycles. The van der Waals surface area contributed by atoms with Gasteiger partial charge in [0.2, 0.25) is 0 Å². The minimum atomic E-state index is -0.0365. The molecule has 0 spiro atoms. The highest BCUT2D eigenvalue weighted by molar-refractivity contribution is 6.02. The van der Waals surface area contributed by atoms with Gasteiger partial charge in [-0.1, -0.05) is 24.3 Å². The van der Waals surface area contributed by atoms with Crippen LogP contribution in [0.25, 0.3) is 27.2 Å². The molecule has 0 radical (unpaired) electrons. The summed E-state index contributed by atoms with van der Waals surface area (Å²) in [5, 5.41) is 1.81. The smallest absolute Gasteiger partial charge is 0.197 e. The first kappa shape index (κ1) is 14.8. The Kier molecular flexibility index (Phi) is 3.12. The summed E-state index contributed by atoms with van der Waals surface area (Å²) < 4.78 is 1.98. The van der Waals surface area contributed by atoms with Gasteiger partial charge in [-0.25, -0.2) is 0 Å². The van der Waals surface area contributed by atoms with Crippen molar-refractivity contribution >= 4 is 27.2 Å². The van der Waals surface area contributed by atoms with E-state index in [0.717, 1.165) is 11.1 Å². The molecule has 0 amide bonds. The largest absolute Gasteiger partial charge is 0.315 e. The molecule has 4 nitrogen and oxygen atoms in total. The number of pyridine rings is 3. The highest BCUT2D eigenvalue weighted by Crippen LogP contribution is 2.22. The SMILES string of the molecule is O=c1c(Cc2cccnc2)cn2c3ccccc3c(=O)c3cccc1c32. The molecular formula is C22H14N2O2. The number of benzene rings is 2. The summed E-state index contributed by atoms with van der Waals surface area (Å²) in [5.74, 6) is 0. The molecule has 0 aliphatic rings. The molecule has 0 aliphatic heterocycles. The molecule has 0 fully saturated rings. The van der Waals surface area contributed by atoms with Gasteiger partial charge in [0.05, 0.1) is 11.0 Å². The van der Waals surface area contributed by atoms with E-state index in [2.05, 4.69) is 4.98 Å². The van der Waals surface area contributed by atoms with Crippen molar-refractivity contribution in [2.45, 2.75) is 6.42 Å². The zero-order chi connectivity index (χ0) is 17.7. The van der Waals surface area contributed by atoms with E-state index < -0.39 is 0 Å². The Bertz CT molecular complexity index is 1390. The molecule has 3 aromatic heterocycles. The van der Waals surface area contributed by atoms with Crippen LogP contribution in [0.5, 0.6) is 0 Å². The van der Waals surface area contributed by atoms with Crippen LogP contribution in [-0.4, -0.2) is 9.38 Å². The molecule has 2 aromatic carbocycles. The average molecular weight is 338 g/mol. The third-order valence-electron chi connectivity index (χ3n) is 4.87. The Morgan fingerprint density at radius 2 is 1.58 bits per heavy atom. The Morgan fingerprint density at radius 3 is 2.38 bits per heavy atom. The van der Waals surface area contributed by atoms with Crippen LogP contribution in [0, 0.1) is 0 Å². The summed E-state index contributed by atoms with van der Waals surface area (Å²) in [6, 6.07) is 16.7. The number of fused-ring (bicyclic) bond motifs is 2. The molecule has 4 heteroatoms. The fourth-order valence-corrected chi connectivity index (χ4v) is 3.68. The van der Waals surface area contributed by atoms with E-state index >= 15 is 0 Å². The van der Waals surface area contributed by atoms with Crippen LogP contribution in [0.2, 0.25) is 0 Å². The van der Waals surface area contributed by atoms with Gasteiger partial charge in [-0.3, -0.25) is 14.6 Å². The van der Waals surface area contributed by atoms with Crippen LogP contribution >= 0.6 is 0 Å². The van der Waals surface area contributed by atoms with Crippen LogP contribution in [0.15, 0.2) is 82.8 Å². The van der Waals surface area contributed by atoms with E-state index in [0.29, 0.717) is 33.7 Å². The molecule has 0 aliphatic carbocycles. The fraction of sp³-hybridized carbons (Fsp3) is 0.0455. The summed E-state index contributed by atoms with van der Waals surface area (Å²) in [4.78, 5) is 30.0. The van der Waals surface area contributed by atoms with Crippen LogP contribution in [0.1, 0.15) is 11.1 Å². The lowest BCUT2D eigenvalue weighted by Crippen LogP contribution is -2.16. The van der Waals surface area contributed by atoms with E-state index in [1.54, 1.807) is 30.6 Å². The van der Waals surface area contributed by atoms with Crippen molar-refractivity contribution in [3.05, 3.63) is 105 Å². The lowest BCUT2D eigenvalue weighted by molar-refractivity contribution is 1.09. The second kappa shape index (κ2) is 5.49. The first-order chi connectivity index (χ1) is 12.7. The van der Waals surface area contributed by atoms with E-state index in [-0.39, 0.29) is 10.9 Å². The summed E-state index contributed by atoms with van der Waals surface area (Å²) in [6.07, 6.45) is 5.86. The van der Waals surface area contributed by atoms with E-state index in [9.17, 15) is 9.59 Å². The second-order valence-electron chi connectivity index (χ2n) is 6.44. The van der Waals surface area contributed by atoms with Crippen molar-refractivity contribution in [2.75, 3.05) is 0 Å². The number of hydrogen-bond acceptors (Lipinski definition) is 3. The number of aromatic nitrogens is 2. The Labute approximate surface area is 148 Å². The van der Waals surface area contributed by atoms with Crippen LogP contribution in [0.3, 0.4) is 0 Å². The van der Waals surface area contributed by atoms with Crippen molar-refractivity contribution in [1.29, 1.82) is 0 Å². The Balaban J connectivity index is 1.95. The van der Waals surface area contributed by atoms with Gasteiger partial charge >= 0.3 is 0 Å². The van der Waals surface area contributed by atoms with Crippen molar-refractivity contribution in [2.24, 2.45) is 0 Å². The fourth-order valence-electron chi connectivity index (χ4n) is 3.68. The van der Waals surface area contributed by atoms with Gasteiger partial charge < -0.3 is 4.40 Å². The zero-order valence-corrected chi connectivity index (χ0v) is 13.8. The summed E-state index contributed by atoms with van der Waals surface area (Å²) in [6.45, 7) is 0. The molecule has 0 bridgehead atoms. The second-order valence-corrected chi connectivity index (χ2v) is 6.44. The van der Waals surface area contributed by atoms with Crippen molar-refractivity contribution < 1.29 is 0 Å². The number of nitrogens with zero attached hydrogens (tertiary/aromatic N) is 2. The van der Waals surface area contributed by atoms with Crippen LogP contribution in [0.4, 0.5) is 0 Å². The third-order valence-corrected chi connectivity index (χ3v) is 4.87. The van der Waals surface area contributed by atoms with Gasteiger partial charge in [-0.2, -0.15) is 0 Å². The quantitative estimate of drug-likeness (QED) is 0.366. The summed E-state index contributed by atoms with van der Waals surface area (Å²) in [7, 11) is 0. The monoisotopic (exact) mass is 338 g/mol. The number of rotatable bonds is 2. The lowest BCUT2D eigenvalue weighted by Gasteiger charge is -2.13. The van der Waals surface area contributed by atoms with Crippen molar-refractivity contribution in [3.63, 3.8) is 0 Å². The Morgan fingerprint density at radius 1 is 0.808 bits per heavy atom. The molecule has 0 saturated carbocycles. The molecule has 0 unspecified atom stereocenters. The maximum Gasteiger partial charge on any atom is 0.197 e. The normalized spacial score (nSPS) is 11.5. The minimum Gasteiger partial charge on any atom is -0.315 e.